The van der Waals surface area contributed by atoms with Crippen molar-refractivity contribution in [3.8, 4) is 0 Å². The van der Waals surface area contributed by atoms with Crippen LogP contribution in [-0.2, 0) is 0 Å². The Morgan fingerprint density at radius 1 is 0.700 bits per heavy atom. The SMILES string of the molecule is Cl.N.NCCCCCCN. The zero-order valence-electron chi connectivity index (χ0n) is 6.51. The Morgan fingerprint density at radius 2 is 1.00 bits per heavy atom. The largest absolute Gasteiger partial charge is 0.344 e. The summed E-state index contributed by atoms with van der Waals surface area (Å²) < 4.78 is 0. The second-order valence-corrected chi connectivity index (χ2v) is 1.99. The zero-order chi connectivity index (χ0) is 6.24. The molecule has 4 heteroatoms. The van der Waals surface area contributed by atoms with E-state index in [1.165, 1.54) is 12.8 Å². The fraction of sp³-hybridized carbons (Fsp3) is 1.00. The second-order valence-electron chi connectivity index (χ2n) is 1.99. The fourth-order valence-electron chi connectivity index (χ4n) is 0.642. The van der Waals surface area contributed by atoms with Crippen molar-refractivity contribution in [1.29, 1.82) is 0 Å². The first kappa shape index (κ1) is 16.6. The van der Waals surface area contributed by atoms with Crippen molar-refractivity contribution < 1.29 is 0 Å². The Hall–Kier alpha value is 0.170. The molecule has 0 aromatic rings. The highest BCUT2D eigenvalue weighted by Gasteiger charge is 1.83. The summed E-state index contributed by atoms with van der Waals surface area (Å²) in [4.78, 5) is 0. The first-order valence-electron chi connectivity index (χ1n) is 3.32. The number of unbranched alkanes of at least 4 members (excludes halogenated alkanes) is 3. The van der Waals surface area contributed by atoms with E-state index in [1.807, 2.05) is 0 Å². The van der Waals surface area contributed by atoms with Gasteiger partial charge in [-0.15, -0.1) is 12.4 Å². The van der Waals surface area contributed by atoms with Crippen molar-refractivity contribution in [2.45, 2.75) is 25.7 Å². The Morgan fingerprint density at radius 3 is 1.20 bits per heavy atom. The van der Waals surface area contributed by atoms with E-state index in [4.69, 9.17) is 11.5 Å². The van der Waals surface area contributed by atoms with Crippen LogP contribution in [0.3, 0.4) is 0 Å². The van der Waals surface area contributed by atoms with Crippen LogP contribution in [0.1, 0.15) is 25.7 Å². The summed E-state index contributed by atoms with van der Waals surface area (Å²) in [6.45, 7) is 1.65. The maximum Gasteiger partial charge on any atom is -0.00773 e. The average Bonchev–Trinajstić information content (AvgIpc) is 1.81. The molecule has 0 aromatic carbocycles. The van der Waals surface area contributed by atoms with E-state index in [0.29, 0.717) is 0 Å². The Labute approximate surface area is 69.5 Å². The molecular formula is C6H20ClN3. The molecule has 0 amide bonds. The van der Waals surface area contributed by atoms with Gasteiger partial charge in [-0.25, -0.2) is 0 Å². The van der Waals surface area contributed by atoms with Gasteiger partial charge in [-0.2, -0.15) is 0 Å². The van der Waals surface area contributed by atoms with Crippen LogP contribution in [0.25, 0.3) is 0 Å². The minimum Gasteiger partial charge on any atom is -0.344 e. The molecule has 0 saturated carbocycles. The van der Waals surface area contributed by atoms with Gasteiger partial charge in [-0.1, -0.05) is 12.8 Å². The lowest BCUT2D eigenvalue weighted by atomic mass is 10.2. The highest BCUT2D eigenvalue weighted by Crippen LogP contribution is 1.95. The number of hydrogen-bond acceptors (Lipinski definition) is 3. The lowest BCUT2D eigenvalue weighted by Gasteiger charge is -1.94. The summed E-state index contributed by atoms with van der Waals surface area (Å²) in [6, 6.07) is 0. The number of nitrogens with two attached hydrogens (primary N) is 2. The topological polar surface area (TPSA) is 87.0 Å². The molecule has 66 valence electrons. The molecule has 0 bridgehead atoms. The van der Waals surface area contributed by atoms with Gasteiger partial charge in [0.05, 0.1) is 0 Å². The molecule has 0 saturated heterocycles. The van der Waals surface area contributed by atoms with Crippen LogP contribution in [0, 0.1) is 0 Å². The normalized spacial score (nSPS) is 7.80. The molecule has 0 atom stereocenters. The van der Waals surface area contributed by atoms with E-state index in [1.54, 1.807) is 0 Å². The van der Waals surface area contributed by atoms with Crippen molar-refractivity contribution in [2.24, 2.45) is 11.5 Å². The number of hydrogen-bond donors (Lipinski definition) is 3. The molecule has 3 nitrogen and oxygen atoms in total. The van der Waals surface area contributed by atoms with Gasteiger partial charge < -0.3 is 17.6 Å². The quantitative estimate of drug-likeness (QED) is 0.538. The molecule has 0 radical (unpaired) electrons. The molecule has 0 fully saturated rings. The van der Waals surface area contributed by atoms with Gasteiger partial charge in [0.25, 0.3) is 0 Å². The molecule has 0 heterocycles. The fourth-order valence-corrected chi connectivity index (χ4v) is 0.642. The molecule has 10 heavy (non-hydrogen) atoms. The second kappa shape index (κ2) is 16.1. The third kappa shape index (κ3) is 15.7. The van der Waals surface area contributed by atoms with Crippen LogP contribution < -0.4 is 17.6 Å². The molecule has 7 N–H and O–H groups in total. The van der Waals surface area contributed by atoms with E-state index < -0.39 is 0 Å². The molecule has 0 aliphatic heterocycles. The van der Waals surface area contributed by atoms with Crippen LogP contribution in [0.15, 0.2) is 0 Å². The molecule has 0 unspecified atom stereocenters. The molecular weight excluding hydrogens is 150 g/mol. The van der Waals surface area contributed by atoms with Crippen LogP contribution >= 0.6 is 12.4 Å². The minimum atomic E-state index is 0. The Bertz CT molecular complexity index is 38.0. The molecule has 0 aliphatic rings. The van der Waals surface area contributed by atoms with Gasteiger partial charge >= 0.3 is 0 Å². The van der Waals surface area contributed by atoms with Crippen molar-refractivity contribution in [2.75, 3.05) is 13.1 Å². The highest BCUT2D eigenvalue weighted by molar-refractivity contribution is 5.85. The van der Waals surface area contributed by atoms with Crippen molar-refractivity contribution in [3.05, 3.63) is 0 Å². The predicted octanol–water partition coefficient (Wildman–Crippen LogP) is 1.05. The molecule has 0 aliphatic carbocycles. The minimum absolute atomic E-state index is 0. The predicted molar refractivity (Wildman–Crippen MR) is 48.8 cm³/mol. The Balaban J connectivity index is -0.000000245. The summed E-state index contributed by atoms with van der Waals surface area (Å²) in [6.07, 6.45) is 4.79. The van der Waals surface area contributed by atoms with E-state index in [0.717, 1.165) is 25.9 Å². The van der Waals surface area contributed by atoms with Crippen LogP contribution in [0.4, 0.5) is 0 Å². The summed E-state index contributed by atoms with van der Waals surface area (Å²) in [5.41, 5.74) is 10.6. The standard InChI is InChI=1S/C6H16N2.ClH.H3N/c7-5-3-1-2-4-6-8;;/h1-8H2;1H;1H3. The van der Waals surface area contributed by atoms with Crippen molar-refractivity contribution >= 4 is 12.4 Å². The first-order valence-corrected chi connectivity index (χ1v) is 3.32. The number of rotatable bonds is 5. The molecule has 0 aromatic heterocycles. The van der Waals surface area contributed by atoms with Crippen molar-refractivity contribution in [1.82, 2.24) is 6.15 Å². The van der Waals surface area contributed by atoms with E-state index in [9.17, 15) is 0 Å². The zero-order valence-corrected chi connectivity index (χ0v) is 7.33. The Kier molecular flexibility index (Phi) is 26.7. The summed E-state index contributed by atoms with van der Waals surface area (Å²) in [5, 5.41) is 0. The maximum atomic E-state index is 5.28. The van der Waals surface area contributed by atoms with Gasteiger partial charge in [0.2, 0.25) is 0 Å². The summed E-state index contributed by atoms with van der Waals surface area (Å²) >= 11 is 0. The highest BCUT2D eigenvalue weighted by atomic mass is 35.5. The van der Waals surface area contributed by atoms with Gasteiger partial charge in [0.15, 0.2) is 0 Å². The summed E-state index contributed by atoms with van der Waals surface area (Å²) in [5.74, 6) is 0. The smallest absolute Gasteiger partial charge is 0.00773 e. The average molecular weight is 170 g/mol. The lowest BCUT2D eigenvalue weighted by molar-refractivity contribution is 0.653. The van der Waals surface area contributed by atoms with Crippen molar-refractivity contribution in [3.63, 3.8) is 0 Å². The van der Waals surface area contributed by atoms with Gasteiger partial charge in [-0.3, -0.25) is 0 Å². The van der Waals surface area contributed by atoms with Gasteiger partial charge in [0.1, 0.15) is 0 Å². The summed E-state index contributed by atoms with van der Waals surface area (Å²) in [7, 11) is 0. The van der Waals surface area contributed by atoms with Crippen LogP contribution in [-0.4, -0.2) is 13.1 Å². The monoisotopic (exact) mass is 169 g/mol. The van der Waals surface area contributed by atoms with Gasteiger partial charge in [-0.05, 0) is 25.9 Å². The first-order chi connectivity index (χ1) is 3.91. The van der Waals surface area contributed by atoms with Gasteiger partial charge in [0, 0.05) is 0 Å². The lowest BCUT2D eigenvalue weighted by Crippen LogP contribution is -2.00. The molecule has 0 rings (SSSR count). The van der Waals surface area contributed by atoms with E-state index in [2.05, 4.69) is 0 Å². The number of halogens is 1. The van der Waals surface area contributed by atoms with Crippen LogP contribution in [0.5, 0.6) is 0 Å². The third-order valence-corrected chi connectivity index (χ3v) is 1.16. The third-order valence-electron chi connectivity index (χ3n) is 1.16. The molecule has 0 spiro atoms. The van der Waals surface area contributed by atoms with E-state index in [-0.39, 0.29) is 18.6 Å². The van der Waals surface area contributed by atoms with Crippen LogP contribution in [0.2, 0.25) is 0 Å². The van der Waals surface area contributed by atoms with E-state index >= 15 is 0 Å². The maximum absolute atomic E-state index is 5.28.